The van der Waals surface area contributed by atoms with Crippen LogP contribution in [0.5, 0.6) is 0 Å². The summed E-state index contributed by atoms with van der Waals surface area (Å²) in [5.41, 5.74) is 1.99. The molecule has 0 radical (unpaired) electrons. The second kappa shape index (κ2) is 4.46. The van der Waals surface area contributed by atoms with Crippen LogP contribution in [0.4, 0.5) is 5.69 Å². The molecule has 2 bridgehead atoms. The minimum atomic E-state index is -3.32. The van der Waals surface area contributed by atoms with E-state index in [9.17, 15) is 8.42 Å². The van der Waals surface area contributed by atoms with E-state index in [0.717, 1.165) is 50.0 Å². The monoisotopic (exact) mass is 292 g/mol. The Hall–Kier alpha value is -1.07. The topological polar surface area (TPSA) is 49.4 Å². The fraction of sp³-hybridized carbons (Fsp3) is 0.600. The number of sulfonamides is 1. The van der Waals surface area contributed by atoms with Crippen molar-refractivity contribution in [3.63, 3.8) is 0 Å². The summed E-state index contributed by atoms with van der Waals surface area (Å²) in [6.45, 7) is 1.66. The standard InChI is InChI=1S/C15H20N2O2S/c18-20(19,17-10-11-6-7-12(17)9-11)15-5-1-4-14-13(15)3-2-8-16-14/h1,4-5,11-12,16H,2-3,6-10H2. The second-order valence-electron chi connectivity index (χ2n) is 6.22. The van der Waals surface area contributed by atoms with Gasteiger partial charge in [0.2, 0.25) is 10.0 Å². The first-order chi connectivity index (χ1) is 9.66. The van der Waals surface area contributed by atoms with Gasteiger partial charge in [0, 0.05) is 24.8 Å². The molecule has 2 heterocycles. The lowest BCUT2D eigenvalue weighted by atomic mass is 10.0. The predicted molar refractivity (Wildman–Crippen MR) is 78.3 cm³/mol. The van der Waals surface area contributed by atoms with Crippen LogP contribution >= 0.6 is 0 Å². The Morgan fingerprint density at radius 3 is 2.90 bits per heavy atom. The van der Waals surface area contributed by atoms with Crippen LogP contribution in [0.1, 0.15) is 31.2 Å². The van der Waals surface area contributed by atoms with E-state index < -0.39 is 10.0 Å². The summed E-state index contributed by atoms with van der Waals surface area (Å²) in [5.74, 6) is 0.590. The number of anilines is 1. The lowest BCUT2D eigenvalue weighted by Gasteiger charge is -2.28. The molecule has 2 aliphatic heterocycles. The number of benzene rings is 1. The summed E-state index contributed by atoms with van der Waals surface area (Å²) in [6.07, 6.45) is 5.17. The normalized spacial score (nSPS) is 29.2. The highest BCUT2D eigenvalue weighted by Gasteiger charge is 2.44. The largest absolute Gasteiger partial charge is 0.385 e. The van der Waals surface area contributed by atoms with Crippen molar-refractivity contribution in [3.05, 3.63) is 23.8 Å². The average molecular weight is 292 g/mol. The van der Waals surface area contributed by atoms with Gasteiger partial charge in [-0.2, -0.15) is 4.31 Å². The van der Waals surface area contributed by atoms with Crippen molar-refractivity contribution < 1.29 is 8.42 Å². The first-order valence-electron chi connectivity index (χ1n) is 7.54. The molecule has 4 rings (SSSR count). The van der Waals surface area contributed by atoms with E-state index in [1.807, 2.05) is 12.1 Å². The second-order valence-corrected chi connectivity index (χ2v) is 8.08. The van der Waals surface area contributed by atoms with Gasteiger partial charge in [-0.3, -0.25) is 0 Å². The number of fused-ring (bicyclic) bond motifs is 3. The zero-order valence-corrected chi connectivity index (χ0v) is 12.3. The quantitative estimate of drug-likeness (QED) is 0.909. The summed E-state index contributed by atoms with van der Waals surface area (Å²) in [4.78, 5) is 0.537. The Morgan fingerprint density at radius 2 is 2.15 bits per heavy atom. The number of hydrogen-bond acceptors (Lipinski definition) is 3. The summed E-state index contributed by atoms with van der Waals surface area (Å²) in [6, 6.07) is 5.88. The van der Waals surface area contributed by atoms with Crippen LogP contribution in [-0.4, -0.2) is 31.9 Å². The SMILES string of the molecule is O=S(=O)(c1cccc2c1CCCN2)N1CC2CCC1C2. The third-order valence-corrected chi connectivity index (χ3v) is 7.00. The molecule has 1 N–H and O–H groups in total. The van der Waals surface area contributed by atoms with E-state index in [-0.39, 0.29) is 6.04 Å². The summed E-state index contributed by atoms with van der Waals surface area (Å²) >= 11 is 0. The first-order valence-corrected chi connectivity index (χ1v) is 8.98. The van der Waals surface area contributed by atoms with Crippen LogP contribution in [0, 0.1) is 5.92 Å². The Kier molecular flexibility index (Phi) is 2.82. The van der Waals surface area contributed by atoms with Crippen molar-refractivity contribution >= 4 is 15.7 Å². The number of hydrogen-bond donors (Lipinski definition) is 1. The Morgan fingerprint density at radius 1 is 1.25 bits per heavy atom. The molecule has 1 aliphatic carbocycles. The molecular formula is C15H20N2O2S. The van der Waals surface area contributed by atoms with Gasteiger partial charge >= 0.3 is 0 Å². The van der Waals surface area contributed by atoms with Gasteiger partial charge in [-0.05, 0) is 55.7 Å². The number of nitrogens with one attached hydrogen (secondary N) is 1. The molecule has 3 aliphatic rings. The van der Waals surface area contributed by atoms with Gasteiger partial charge in [0.05, 0.1) is 4.90 Å². The zero-order valence-electron chi connectivity index (χ0n) is 11.5. The maximum atomic E-state index is 13.0. The van der Waals surface area contributed by atoms with Crippen molar-refractivity contribution in [2.75, 3.05) is 18.4 Å². The maximum Gasteiger partial charge on any atom is 0.243 e. The lowest BCUT2D eigenvalue weighted by Crippen LogP contribution is -2.38. The van der Waals surface area contributed by atoms with Crippen LogP contribution < -0.4 is 5.32 Å². The molecule has 1 aromatic carbocycles. The summed E-state index contributed by atoms with van der Waals surface area (Å²) in [7, 11) is -3.32. The van der Waals surface area contributed by atoms with E-state index in [1.54, 1.807) is 10.4 Å². The number of nitrogens with zero attached hydrogens (tertiary/aromatic N) is 1. The Bertz CT molecular complexity index is 641. The van der Waals surface area contributed by atoms with Crippen LogP contribution in [-0.2, 0) is 16.4 Å². The Balaban J connectivity index is 1.77. The third-order valence-electron chi connectivity index (χ3n) is 5.00. The molecule has 2 fully saturated rings. The smallest absolute Gasteiger partial charge is 0.243 e. The molecule has 4 nitrogen and oxygen atoms in total. The molecule has 2 unspecified atom stereocenters. The van der Waals surface area contributed by atoms with Crippen LogP contribution in [0.2, 0.25) is 0 Å². The molecule has 1 saturated heterocycles. The summed E-state index contributed by atoms with van der Waals surface area (Å²) in [5, 5.41) is 3.32. The van der Waals surface area contributed by atoms with E-state index in [2.05, 4.69) is 5.32 Å². The van der Waals surface area contributed by atoms with E-state index in [1.165, 1.54) is 6.42 Å². The first kappa shape index (κ1) is 12.7. The molecule has 0 aromatic heterocycles. The molecule has 0 amide bonds. The van der Waals surface area contributed by atoms with Crippen LogP contribution in [0.3, 0.4) is 0 Å². The van der Waals surface area contributed by atoms with Crippen LogP contribution in [0.15, 0.2) is 23.1 Å². The Labute approximate surface area is 120 Å². The molecular weight excluding hydrogens is 272 g/mol. The predicted octanol–water partition coefficient (Wildman–Crippen LogP) is 2.22. The fourth-order valence-electron chi connectivity index (χ4n) is 4.02. The molecule has 1 saturated carbocycles. The molecule has 1 aromatic rings. The van der Waals surface area contributed by atoms with Crippen LogP contribution in [0.25, 0.3) is 0 Å². The highest BCUT2D eigenvalue weighted by atomic mass is 32.2. The highest BCUT2D eigenvalue weighted by molar-refractivity contribution is 7.89. The molecule has 2 atom stereocenters. The average Bonchev–Trinajstić information content (AvgIpc) is 3.09. The fourth-order valence-corrected chi connectivity index (χ4v) is 6.04. The molecule has 5 heteroatoms. The highest BCUT2D eigenvalue weighted by Crippen LogP contribution is 2.41. The maximum absolute atomic E-state index is 13.0. The van der Waals surface area contributed by atoms with Gasteiger partial charge in [0.15, 0.2) is 0 Å². The van der Waals surface area contributed by atoms with Gasteiger partial charge < -0.3 is 5.32 Å². The van der Waals surface area contributed by atoms with Gasteiger partial charge in [0.1, 0.15) is 0 Å². The van der Waals surface area contributed by atoms with Crippen molar-refractivity contribution in [3.8, 4) is 0 Å². The van der Waals surface area contributed by atoms with Gasteiger partial charge in [-0.1, -0.05) is 6.07 Å². The third kappa shape index (κ3) is 1.79. The zero-order chi connectivity index (χ0) is 13.7. The van der Waals surface area contributed by atoms with Gasteiger partial charge in [-0.15, -0.1) is 0 Å². The number of piperidine rings is 1. The molecule has 108 valence electrons. The molecule has 20 heavy (non-hydrogen) atoms. The van der Waals surface area contributed by atoms with Crippen molar-refractivity contribution in [1.82, 2.24) is 4.31 Å². The van der Waals surface area contributed by atoms with Crippen molar-refractivity contribution in [1.29, 1.82) is 0 Å². The van der Waals surface area contributed by atoms with Gasteiger partial charge in [0.25, 0.3) is 0 Å². The van der Waals surface area contributed by atoms with E-state index >= 15 is 0 Å². The number of rotatable bonds is 2. The van der Waals surface area contributed by atoms with E-state index in [0.29, 0.717) is 10.8 Å². The van der Waals surface area contributed by atoms with Crippen molar-refractivity contribution in [2.24, 2.45) is 5.92 Å². The lowest BCUT2D eigenvalue weighted by molar-refractivity contribution is 0.333. The minimum absolute atomic E-state index is 0.248. The minimum Gasteiger partial charge on any atom is -0.385 e. The van der Waals surface area contributed by atoms with Gasteiger partial charge in [-0.25, -0.2) is 8.42 Å². The summed E-state index contributed by atoms with van der Waals surface area (Å²) < 4.78 is 27.8. The molecule has 0 spiro atoms. The van der Waals surface area contributed by atoms with Crippen molar-refractivity contribution in [2.45, 2.75) is 43.0 Å². The van der Waals surface area contributed by atoms with E-state index in [4.69, 9.17) is 0 Å².